The zero-order valence-electron chi connectivity index (χ0n) is 16.6. The average molecular weight is 407 g/mol. The first-order valence-corrected chi connectivity index (χ1v) is 10.3. The summed E-state index contributed by atoms with van der Waals surface area (Å²) in [4.78, 5) is 24.8. The van der Waals surface area contributed by atoms with E-state index in [-0.39, 0.29) is 29.1 Å². The summed E-state index contributed by atoms with van der Waals surface area (Å²) in [6.07, 6.45) is 4.23. The highest BCUT2D eigenvalue weighted by atomic mass is 19.1. The molecule has 2 N–H and O–H groups in total. The molecule has 0 unspecified atom stereocenters. The van der Waals surface area contributed by atoms with Gasteiger partial charge in [-0.2, -0.15) is 0 Å². The largest absolute Gasteiger partial charge is 0.355 e. The number of benzene rings is 2. The fraction of sp³-hybridized carbons (Fsp3) is 0.348. The first-order chi connectivity index (χ1) is 14.5. The van der Waals surface area contributed by atoms with Crippen molar-refractivity contribution in [2.24, 2.45) is 5.92 Å². The molecule has 30 heavy (non-hydrogen) atoms. The minimum Gasteiger partial charge on any atom is -0.355 e. The lowest BCUT2D eigenvalue weighted by Crippen LogP contribution is -2.25. The van der Waals surface area contributed by atoms with Crippen molar-refractivity contribution in [3.05, 3.63) is 53.0 Å². The maximum atomic E-state index is 14.5. The maximum Gasteiger partial charge on any atom is 0.274 e. The second-order valence-electron chi connectivity index (χ2n) is 8.27. The van der Waals surface area contributed by atoms with Gasteiger partial charge in [-0.15, -0.1) is 0 Å². The quantitative estimate of drug-likeness (QED) is 0.648. The monoisotopic (exact) mass is 407 g/mol. The standard InChI is InChI=1S/C23H22FN3O3/c1-12-18(8-15(9-19(12)24)22(28)26-16-5-6-16)14-4-7-17-20(10-14)30-27-21(17)23(29)25-11-13-2-3-13/h4,7-10,13,16H,2-3,5-6,11H2,1H3,(H,25,29)(H,26,28). The third-order valence-electron chi connectivity index (χ3n) is 5.77. The zero-order chi connectivity index (χ0) is 20.8. The first kappa shape index (κ1) is 18.8. The summed E-state index contributed by atoms with van der Waals surface area (Å²) in [5.74, 6) is -0.394. The van der Waals surface area contributed by atoms with Crippen molar-refractivity contribution in [3.8, 4) is 11.1 Å². The predicted molar refractivity (Wildman–Crippen MR) is 110 cm³/mol. The Hall–Kier alpha value is -3.22. The predicted octanol–water partition coefficient (Wildman–Crippen LogP) is 3.97. The number of hydrogen-bond acceptors (Lipinski definition) is 4. The van der Waals surface area contributed by atoms with Crippen molar-refractivity contribution >= 4 is 22.8 Å². The zero-order valence-corrected chi connectivity index (χ0v) is 16.6. The molecule has 2 fully saturated rings. The van der Waals surface area contributed by atoms with Gasteiger partial charge in [0.2, 0.25) is 0 Å². The molecule has 5 rings (SSSR count). The Balaban J connectivity index is 1.46. The topological polar surface area (TPSA) is 84.2 Å². The van der Waals surface area contributed by atoms with Gasteiger partial charge >= 0.3 is 0 Å². The van der Waals surface area contributed by atoms with Gasteiger partial charge in [-0.3, -0.25) is 9.59 Å². The molecule has 154 valence electrons. The smallest absolute Gasteiger partial charge is 0.274 e. The third-order valence-corrected chi connectivity index (χ3v) is 5.77. The number of fused-ring (bicyclic) bond motifs is 1. The lowest BCUT2D eigenvalue weighted by atomic mass is 9.96. The summed E-state index contributed by atoms with van der Waals surface area (Å²) in [5.41, 5.74) is 2.72. The van der Waals surface area contributed by atoms with Crippen LogP contribution in [0.15, 0.2) is 34.9 Å². The molecule has 0 aliphatic heterocycles. The Morgan fingerprint density at radius 1 is 1.13 bits per heavy atom. The van der Waals surface area contributed by atoms with E-state index in [2.05, 4.69) is 15.8 Å². The van der Waals surface area contributed by atoms with Crippen molar-refractivity contribution in [3.63, 3.8) is 0 Å². The van der Waals surface area contributed by atoms with Gasteiger partial charge in [0.1, 0.15) is 5.82 Å². The van der Waals surface area contributed by atoms with Crippen LogP contribution in [0.5, 0.6) is 0 Å². The van der Waals surface area contributed by atoms with Crippen LogP contribution in [-0.4, -0.2) is 29.6 Å². The van der Waals surface area contributed by atoms with E-state index in [0.717, 1.165) is 25.7 Å². The van der Waals surface area contributed by atoms with Gasteiger partial charge in [0.05, 0.1) is 5.39 Å². The molecule has 2 saturated carbocycles. The summed E-state index contributed by atoms with van der Waals surface area (Å²) in [6, 6.07) is 8.43. The molecular weight excluding hydrogens is 385 g/mol. The SMILES string of the molecule is Cc1c(F)cc(C(=O)NC2CC2)cc1-c1ccc2c(C(=O)NCC3CC3)noc2c1. The number of carbonyl (C=O) groups excluding carboxylic acids is 2. The molecule has 2 aliphatic rings. The summed E-state index contributed by atoms with van der Waals surface area (Å²) in [7, 11) is 0. The number of rotatable bonds is 6. The van der Waals surface area contributed by atoms with Crippen LogP contribution in [-0.2, 0) is 0 Å². The molecule has 0 saturated heterocycles. The number of carbonyl (C=O) groups is 2. The van der Waals surface area contributed by atoms with Crippen molar-refractivity contribution in [1.82, 2.24) is 15.8 Å². The van der Waals surface area contributed by atoms with E-state index in [9.17, 15) is 14.0 Å². The van der Waals surface area contributed by atoms with Crippen LogP contribution in [0.4, 0.5) is 4.39 Å². The number of halogens is 1. The van der Waals surface area contributed by atoms with Crippen molar-refractivity contribution in [2.75, 3.05) is 6.54 Å². The second kappa shape index (κ2) is 7.23. The molecule has 0 bridgehead atoms. The van der Waals surface area contributed by atoms with Gasteiger partial charge in [-0.25, -0.2) is 4.39 Å². The highest BCUT2D eigenvalue weighted by Gasteiger charge is 2.25. The molecular formula is C23H22FN3O3. The van der Waals surface area contributed by atoms with E-state index in [4.69, 9.17) is 4.52 Å². The molecule has 1 aromatic heterocycles. The van der Waals surface area contributed by atoms with Gasteiger partial charge in [-0.1, -0.05) is 11.2 Å². The van der Waals surface area contributed by atoms with Gasteiger partial charge in [0.15, 0.2) is 11.3 Å². The van der Waals surface area contributed by atoms with Crippen molar-refractivity contribution in [1.29, 1.82) is 0 Å². The normalized spacial score (nSPS) is 15.9. The number of aromatic nitrogens is 1. The van der Waals surface area contributed by atoms with Crippen LogP contribution < -0.4 is 10.6 Å². The summed E-state index contributed by atoms with van der Waals surface area (Å²) >= 11 is 0. The van der Waals surface area contributed by atoms with E-state index in [1.165, 1.54) is 6.07 Å². The van der Waals surface area contributed by atoms with E-state index < -0.39 is 5.82 Å². The molecule has 7 heteroatoms. The minimum atomic E-state index is -0.439. The molecule has 0 atom stereocenters. The molecule has 2 aliphatic carbocycles. The molecule has 3 aromatic rings. The van der Waals surface area contributed by atoms with E-state index in [0.29, 0.717) is 40.1 Å². The molecule has 6 nitrogen and oxygen atoms in total. The van der Waals surface area contributed by atoms with Crippen LogP contribution in [0.3, 0.4) is 0 Å². The Bertz CT molecular complexity index is 1160. The second-order valence-corrected chi connectivity index (χ2v) is 8.27. The van der Waals surface area contributed by atoms with Gasteiger partial charge in [0.25, 0.3) is 11.8 Å². The van der Waals surface area contributed by atoms with Gasteiger partial charge in [-0.05, 0) is 79.5 Å². The minimum absolute atomic E-state index is 0.195. The Kier molecular flexibility index (Phi) is 4.53. The van der Waals surface area contributed by atoms with Gasteiger partial charge in [0, 0.05) is 18.2 Å². The fourth-order valence-electron chi connectivity index (χ4n) is 3.52. The van der Waals surface area contributed by atoms with E-state index in [1.807, 2.05) is 0 Å². The van der Waals surface area contributed by atoms with Crippen LogP contribution in [0, 0.1) is 18.7 Å². The fourth-order valence-corrected chi connectivity index (χ4v) is 3.52. The first-order valence-electron chi connectivity index (χ1n) is 10.3. The maximum absolute atomic E-state index is 14.5. The van der Waals surface area contributed by atoms with Crippen LogP contribution in [0.25, 0.3) is 22.1 Å². The summed E-state index contributed by atoms with van der Waals surface area (Å²) in [5, 5.41) is 10.3. The van der Waals surface area contributed by atoms with Gasteiger partial charge < -0.3 is 15.2 Å². The molecule has 2 amide bonds. The number of nitrogens with one attached hydrogen (secondary N) is 2. The Labute approximate surface area is 172 Å². The van der Waals surface area contributed by atoms with Crippen molar-refractivity contribution < 1.29 is 18.5 Å². The third kappa shape index (κ3) is 3.67. The van der Waals surface area contributed by atoms with Crippen LogP contribution >= 0.6 is 0 Å². The highest BCUT2D eigenvalue weighted by molar-refractivity contribution is 6.05. The summed E-state index contributed by atoms with van der Waals surface area (Å²) in [6.45, 7) is 2.33. The number of hydrogen-bond donors (Lipinski definition) is 2. The lowest BCUT2D eigenvalue weighted by Gasteiger charge is -2.11. The number of nitrogens with zero attached hydrogens (tertiary/aromatic N) is 1. The van der Waals surface area contributed by atoms with Crippen LogP contribution in [0.2, 0.25) is 0 Å². The molecule has 2 aromatic carbocycles. The van der Waals surface area contributed by atoms with E-state index >= 15 is 0 Å². The lowest BCUT2D eigenvalue weighted by molar-refractivity contribution is 0.0938. The number of amides is 2. The highest BCUT2D eigenvalue weighted by Crippen LogP contribution is 2.31. The average Bonchev–Trinajstić information content (AvgIpc) is 3.67. The van der Waals surface area contributed by atoms with Crippen molar-refractivity contribution in [2.45, 2.75) is 38.6 Å². The Morgan fingerprint density at radius 2 is 1.93 bits per heavy atom. The van der Waals surface area contributed by atoms with E-state index in [1.54, 1.807) is 31.2 Å². The van der Waals surface area contributed by atoms with Crippen LogP contribution in [0.1, 0.15) is 52.1 Å². The Morgan fingerprint density at radius 3 is 2.67 bits per heavy atom. The molecule has 1 heterocycles. The molecule has 0 spiro atoms. The summed E-state index contributed by atoms with van der Waals surface area (Å²) < 4.78 is 19.9. The molecule has 0 radical (unpaired) electrons.